The summed E-state index contributed by atoms with van der Waals surface area (Å²) in [6.07, 6.45) is 0.459. The molecule has 0 atom stereocenters. The maximum atomic E-state index is 13.9. The van der Waals surface area contributed by atoms with Gasteiger partial charge in [-0.1, -0.05) is 66.7 Å². The summed E-state index contributed by atoms with van der Waals surface area (Å²) in [5.41, 5.74) is 5.52. The van der Waals surface area contributed by atoms with E-state index in [2.05, 4.69) is 28.8 Å². The van der Waals surface area contributed by atoms with E-state index in [1.54, 1.807) is 14.2 Å². The molecule has 0 fully saturated rings. The topological polar surface area (TPSA) is 40.5 Å². The van der Waals surface area contributed by atoms with Gasteiger partial charge in [-0.3, -0.25) is 4.79 Å². The number of benzene rings is 4. The first-order valence-electron chi connectivity index (χ1n) is 11.2. The average molecular weight is 448 g/mol. The van der Waals surface area contributed by atoms with E-state index in [0.29, 0.717) is 23.3 Å². The van der Waals surface area contributed by atoms with Crippen molar-refractivity contribution >= 4 is 10.9 Å². The number of hydrogen-bond donors (Lipinski definition) is 0. The van der Waals surface area contributed by atoms with Crippen LogP contribution in [0.1, 0.15) is 11.1 Å². The summed E-state index contributed by atoms with van der Waals surface area (Å²) in [6, 6.07) is 33.9. The Balaban J connectivity index is 1.85. The van der Waals surface area contributed by atoms with E-state index in [-0.39, 0.29) is 5.43 Å². The van der Waals surface area contributed by atoms with Gasteiger partial charge in [0.1, 0.15) is 0 Å². The van der Waals surface area contributed by atoms with Crippen molar-refractivity contribution in [1.82, 2.24) is 4.57 Å². The molecule has 1 heterocycles. The minimum atomic E-state index is 0.0384. The van der Waals surface area contributed by atoms with E-state index >= 15 is 0 Å². The molecular formula is C30H25NO3. The molecule has 0 spiro atoms. The van der Waals surface area contributed by atoms with Crippen molar-refractivity contribution in [3.05, 3.63) is 124 Å². The molecule has 4 nitrogen and oxygen atoms in total. The number of pyridine rings is 1. The van der Waals surface area contributed by atoms with E-state index in [4.69, 9.17) is 9.47 Å². The Kier molecular flexibility index (Phi) is 5.88. The third-order valence-corrected chi connectivity index (χ3v) is 6.06. The summed E-state index contributed by atoms with van der Waals surface area (Å²) in [5.74, 6) is 1.31. The Labute approximate surface area is 198 Å². The van der Waals surface area contributed by atoms with Gasteiger partial charge in [-0.15, -0.1) is 0 Å². The molecule has 0 aliphatic carbocycles. The minimum absolute atomic E-state index is 0.0384. The van der Waals surface area contributed by atoms with Crippen molar-refractivity contribution in [3.8, 4) is 28.4 Å². The van der Waals surface area contributed by atoms with Gasteiger partial charge in [0.2, 0.25) is 0 Å². The Morgan fingerprint density at radius 1 is 0.706 bits per heavy atom. The zero-order chi connectivity index (χ0) is 23.5. The maximum Gasteiger partial charge on any atom is 0.193 e. The van der Waals surface area contributed by atoms with E-state index < -0.39 is 0 Å². The van der Waals surface area contributed by atoms with Gasteiger partial charge in [0.25, 0.3) is 0 Å². The highest BCUT2D eigenvalue weighted by atomic mass is 16.5. The van der Waals surface area contributed by atoms with Gasteiger partial charge in [-0.25, -0.2) is 0 Å². The maximum absolute atomic E-state index is 13.9. The number of methoxy groups -OCH3 is 2. The van der Waals surface area contributed by atoms with Crippen LogP contribution in [0, 0.1) is 0 Å². The molecule has 168 valence electrons. The molecule has 0 amide bonds. The van der Waals surface area contributed by atoms with Crippen LogP contribution in [0.15, 0.2) is 108 Å². The van der Waals surface area contributed by atoms with Crippen LogP contribution in [0.4, 0.5) is 0 Å². The van der Waals surface area contributed by atoms with Crippen molar-refractivity contribution in [2.75, 3.05) is 14.2 Å². The Bertz CT molecular complexity index is 1510. The summed E-state index contributed by atoms with van der Waals surface area (Å²) >= 11 is 0. The standard InChI is InChI=1S/C30H25NO3/c1-33-27-18-17-21(20-28(27)34-2)19-25-29(22-11-5-3-6-12-22)31(23-13-7-4-8-14-23)26-16-10-9-15-24(26)30(25)32/h3-18,20H,19H2,1-2H3. The van der Waals surface area contributed by atoms with Crippen LogP contribution in [0.5, 0.6) is 11.5 Å². The lowest BCUT2D eigenvalue weighted by Gasteiger charge is -2.21. The second kappa shape index (κ2) is 9.28. The van der Waals surface area contributed by atoms with Gasteiger partial charge in [-0.2, -0.15) is 0 Å². The number of hydrogen-bond acceptors (Lipinski definition) is 3. The molecule has 0 radical (unpaired) electrons. The van der Waals surface area contributed by atoms with Crippen LogP contribution in [0.2, 0.25) is 0 Å². The fourth-order valence-electron chi connectivity index (χ4n) is 4.49. The highest BCUT2D eigenvalue weighted by molar-refractivity contribution is 5.86. The normalized spacial score (nSPS) is 10.9. The second-order valence-electron chi connectivity index (χ2n) is 8.08. The van der Waals surface area contributed by atoms with E-state index in [1.807, 2.05) is 78.9 Å². The molecule has 0 unspecified atom stereocenters. The largest absolute Gasteiger partial charge is 0.493 e. The highest BCUT2D eigenvalue weighted by Crippen LogP contribution is 2.33. The number of rotatable bonds is 6. The molecular weight excluding hydrogens is 422 g/mol. The van der Waals surface area contributed by atoms with Crippen molar-refractivity contribution in [2.24, 2.45) is 0 Å². The van der Waals surface area contributed by atoms with Gasteiger partial charge in [-0.05, 0) is 47.5 Å². The van der Waals surface area contributed by atoms with Gasteiger partial charge >= 0.3 is 0 Å². The lowest BCUT2D eigenvalue weighted by atomic mass is 9.95. The van der Waals surface area contributed by atoms with Gasteiger partial charge < -0.3 is 14.0 Å². The summed E-state index contributed by atoms with van der Waals surface area (Å²) in [7, 11) is 3.24. The summed E-state index contributed by atoms with van der Waals surface area (Å²) in [6.45, 7) is 0. The van der Waals surface area contributed by atoms with Crippen LogP contribution in [0.25, 0.3) is 27.8 Å². The third kappa shape index (κ3) is 3.84. The molecule has 0 saturated carbocycles. The Morgan fingerprint density at radius 3 is 2.06 bits per heavy atom. The second-order valence-corrected chi connectivity index (χ2v) is 8.08. The molecule has 0 aliphatic rings. The van der Waals surface area contributed by atoms with Gasteiger partial charge in [0.15, 0.2) is 16.9 Å². The van der Waals surface area contributed by atoms with Gasteiger partial charge in [0.05, 0.1) is 25.4 Å². The lowest BCUT2D eigenvalue weighted by Crippen LogP contribution is -2.18. The fraction of sp³-hybridized carbons (Fsp3) is 0.100. The fourth-order valence-corrected chi connectivity index (χ4v) is 4.49. The molecule has 1 aromatic heterocycles. The molecule has 0 bridgehead atoms. The van der Waals surface area contributed by atoms with Crippen LogP contribution in [-0.2, 0) is 6.42 Å². The first kappa shape index (κ1) is 21.5. The SMILES string of the molecule is COc1ccc(Cc2c(-c3ccccc3)n(-c3ccccc3)c3ccccc3c2=O)cc1OC. The lowest BCUT2D eigenvalue weighted by molar-refractivity contribution is 0.354. The summed E-state index contributed by atoms with van der Waals surface area (Å²) < 4.78 is 13.1. The van der Waals surface area contributed by atoms with Crippen molar-refractivity contribution in [2.45, 2.75) is 6.42 Å². The zero-order valence-electron chi connectivity index (χ0n) is 19.2. The number of ether oxygens (including phenoxy) is 2. The Morgan fingerprint density at radius 2 is 1.35 bits per heavy atom. The predicted molar refractivity (Wildman–Crippen MR) is 137 cm³/mol. The van der Waals surface area contributed by atoms with Crippen molar-refractivity contribution in [1.29, 1.82) is 0 Å². The monoisotopic (exact) mass is 447 g/mol. The van der Waals surface area contributed by atoms with Crippen LogP contribution in [-0.4, -0.2) is 18.8 Å². The van der Waals surface area contributed by atoms with E-state index in [0.717, 1.165) is 33.6 Å². The van der Waals surface area contributed by atoms with E-state index in [1.165, 1.54) is 0 Å². The number of para-hydroxylation sites is 2. The minimum Gasteiger partial charge on any atom is -0.493 e. The first-order chi connectivity index (χ1) is 16.7. The molecule has 0 N–H and O–H groups in total. The quantitative estimate of drug-likeness (QED) is 0.308. The molecule has 34 heavy (non-hydrogen) atoms. The third-order valence-electron chi connectivity index (χ3n) is 6.06. The van der Waals surface area contributed by atoms with Crippen LogP contribution in [0.3, 0.4) is 0 Å². The van der Waals surface area contributed by atoms with Crippen LogP contribution < -0.4 is 14.9 Å². The number of fused-ring (bicyclic) bond motifs is 1. The molecule has 0 saturated heterocycles. The Hall–Kier alpha value is -4.31. The average Bonchev–Trinajstić information content (AvgIpc) is 2.91. The van der Waals surface area contributed by atoms with Crippen molar-refractivity contribution in [3.63, 3.8) is 0 Å². The molecule has 4 aromatic carbocycles. The highest BCUT2D eigenvalue weighted by Gasteiger charge is 2.20. The molecule has 4 heteroatoms. The summed E-state index contributed by atoms with van der Waals surface area (Å²) in [5, 5.41) is 0.696. The molecule has 5 rings (SSSR count). The zero-order valence-corrected chi connectivity index (χ0v) is 19.2. The molecule has 0 aliphatic heterocycles. The number of aromatic nitrogens is 1. The van der Waals surface area contributed by atoms with Gasteiger partial charge in [0, 0.05) is 23.1 Å². The smallest absolute Gasteiger partial charge is 0.193 e. The summed E-state index contributed by atoms with van der Waals surface area (Å²) in [4.78, 5) is 13.9. The first-order valence-corrected chi connectivity index (χ1v) is 11.2. The van der Waals surface area contributed by atoms with E-state index in [9.17, 15) is 4.79 Å². The van der Waals surface area contributed by atoms with Crippen LogP contribution >= 0.6 is 0 Å². The molecule has 5 aromatic rings. The predicted octanol–water partition coefficient (Wildman–Crippen LogP) is 6.27. The number of nitrogens with zero attached hydrogens (tertiary/aromatic N) is 1. The van der Waals surface area contributed by atoms with Crippen molar-refractivity contribution < 1.29 is 9.47 Å².